The van der Waals surface area contributed by atoms with E-state index in [9.17, 15) is 14.4 Å². The highest BCUT2D eigenvalue weighted by atomic mass is 16.6. The average molecular weight is 370 g/mol. The zero-order valence-corrected chi connectivity index (χ0v) is 16.0. The van der Waals surface area contributed by atoms with Gasteiger partial charge in [-0.1, -0.05) is 51.1 Å². The molecule has 0 N–H and O–H groups in total. The maximum atomic E-state index is 12.9. The summed E-state index contributed by atoms with van der Waals surface area (Å²) in [6.45, 7) is 6.64. The first-order valence-corrected chi connectivity index (χ1v) is 9.76. The number of fused-ring (bicyclic) bond motifs is 1. The molecule has 1 aliphatic carbocycles. The molecule has 2 saturated heterocycles. The number of hydrogen-bond acceptors (Lipinski definition) is 4. The number of carbonyl (C=O) groups excluding carboxylic acids is 3. The van der Waals surface area contributed by atoms with Crippen LogP contribution in [0.1, 0.15) is 32.8 Å². The quantitative estimate of drug-likeness (QED) is 0.767. The fraction of sp³-hybridized carbons (Fsp3) is 0.571. The SMILES string of the molecule is C[C@@H]1C(=O)N(C(=O)C2[C@@H](C)[C@H]2C)[C@H]2CCN(C(=O)OCc3ccccc3)[C@H]12. The molecule has 0 aromatic heterocycles. The molecule has 1 unspecified atom stereocenters. The highest BCUT2D eigenvalue weighted by Gasteiger charge is 2.59. The lowest BCUT2D eigenvalue weighted by atomic mass is 10.0. The van der Waals surface area contributed by atoms with Crippen molar-refractivity contribution in [3.8, 4) is 0 Å². The summed E-state index contributed by atoms with van der Waals surface area (Å²) in [7, 11) is 0. The van der Waals surface area contributed by atoms with Crippen LogP contribution in [0.3, 0.4) is 0 Å². The summed E-state index contributed by atoms with van der Waals surface area (Å²) < 4.78 is 5.47. The standard InChI is InChI=1S/C21H26N2O4/c1-12-13(2)17(12)20(25)23-16-9-10-22(18(16)14(3)19(23)24)21(26)27-11-15-7-5-4-6-8-15/h4-8,12-14,16-18H,9-11H2,1-3H3/t12-,13+,14-,16-,17?,18+/m0/s1. The summed E-state index contributed by atoms with van der Waals surface area (Å²) >= 11 is 0. The van der Waals surface area contributed by atoms with Crippen molar-refractivity contribution in [1.29, 1.82) is 0 Å². The van der Waals surface area contributed by atoms with Crippen molar-refractivity contribution in [3.05, 3.63) is 35.9 Å². The number of benzene rings is 1. The second-order valence-corrected chi connectivity index (χ2v) is 8.16. The normalized spacial score (nSPS) is 34.6. The Morgan fingerprint density at radius 2 is 1.78 bits per heavy atom. The topological polar surface area (TPSA) is 66.9 Å². The van der Waals surface area contributed by atoms with E-state index in [2.05, 4.69) is 13.8 Å². The summed E-state index contributed by atoms with van der Waals surface area (Å²) in [5, 5.41) is 0. The third-order valence-electron chi connectivity index (χ3n) is 6.67. The summed E-state index contributed by atoms with van der Waals surface area (Å²) in [6.07, 6.45) is 0.219. The van der Waals surface area contributed by atoms with Crippen LogP contribution in [0.15, 0.2) is 30.3 Å². The van der Waals surface area contributed by atoms with E-state index in [1.165, 1.54) is 4.90 Å². The zero-order chi connectivity index (χ0) is 19.3. The Hall–Kier alpha value is -2.37. The zero-order valence-electron chi connectivity index (χ0n) is 16.0. The molecule has 3 fully saturated rings. The van der Waals surface area contributed by atoms with Crippen LogP contribution in [0, 0.1) is 23.7 Å². The molecule has 1 aromatic rings. The Morgan fingerprint density at radius 1 is 1.11 bits per heavy atom. The van der Waals surface area contributed by atoms with Crippen molar-refractivity contribution in [2.24, 2.45) is 23.7 Å². The van der Waals surface area contributed by atoms with Gasteiger partial charge in [-0.15, -0.1) is 0 Å². The van der Waals surface area contributed by atoms with Gasteiger partial charge in [0.2, 0.25) is 11.8 Å². The predicted octanol–water partition coefficient (Wildman–Crippen LogP) is 2.67. The van der Waals surface area contributed by atoms with E-state index in [1.54, 1.807) is 4.90 Å². The third-order valence-corrected chi connectivity index (χ3v) is 6.67. The lowest BCUT2D eigenvalue weighted by Crippen LogP contribution is -2.43. The molecule has 0 bridgehead atoms. The van der Waals surface area contributed by atoms with Gasteiger partial charge >= 0.3 is 6.09 Å². The number of imide groups is 1. The highest BCUT2D eigenvalue weighted by molar-refractivity contribution is 6.01. The maximum Gasteiger partial charge on any atom is 0.410 e. The molecule has 6 nitrogen and oxygen atoms in total. The molecule has 3 amide bonds. The van der Waals surface area contributed by atoms with Crippen LogP contribution in [0.2, 0.25) is 0 Å². The first-order chi connectivity index (χ1) is 12.9. The van der Waals surface area contributed by atoms with Gasteiger partial charge in [-0.3, -0.25) is 14.5 Å². The number of likely N-dealkylation sites (tertiary alicyclic amines) is 2. The van der Waals surface area contributed by atoms with Crippen molar-refractivity contribution in [2.75, 3.05) is 6.54 Å². The molecule has 2 aliphatic heterocycles. The highest BCUT2D eigenvalue weighted by Crippen LogP contribution is 2.48. The Balaban J connectivity index is 1.45. The van der Waals surface area contributed by atoms with E-state index < -0.39 is 6.09 Å². The molecule has 0 radical (unpaired) electrons. The fourth-order valence-electron chi connectivity index (χ4n) is 4.77. The van der Waals surface area contributed by atoms with Crippen LogP contribution in [0.4, 0.5) is 4.79 Å². The van der Waals surface area contributed by atoms with Crippen LogP contribution in [0.25, 0.3) is 0 Å². The Kier molecular flexibility index (Phi) is 4.44. The minimum atomic E-state index is -0.409. The lowest BCUT2D eigenvalue weighted by Gasteiger charge is -2.25. The number of ether oxygens (including phenoxy) is 1. The second kappa shape index (κ2) is 6.66. The van der Waals surface area contributed by atoms with Crippen LogP contribution >= 0.6 is 0 Å². The van der Waals surface area contributed by atoms with Crippen molar-refractivity contribution in [1.82, 2.24) is 9.80 Å². The minimum absolute atomic E-state index is 0.0565. The Morgan fingerprint density at radius 3 is 2.41 bits per heavy atom. The van der Waals surface area contributed by atoms with Crippen molar-refractivity contribution in [3.63, 3.8) is 0 Å². The molecule has 1 saturated carbocycles. The van der Waals surface area contributed by atoms with Gasteiger partial charge in [-0.2, -0.15) is 0 Å². The second-order valence-electron chi connectivity index (χ2n) is 8.16. The first-order valence-electron chi connectivity index (χ1n) is 9.76. The van der Waals surface area contributed by atoms with Gasteiger partial charge in [-0.25, -0.2) is 4.79 Å². The molecular formula is C21H26N2O4. The molecular weight excluding hydrogens is 344 g/mol. The summed E-state index contributed by atoms with van der Waals surface area (Å²) in [5.74, 6) is 0.00998. The number of rotatable bonds is 3. The molecule has 27 heavy (non-hydrogen) atoms. The van der Waals surface area contributed by atoms with Crippen LogP contribution in [0.5, 0.6) is 0 Å². The summed E-state index contributed by atoms with van der Waals surface area (Å²) in [4.78, 5) is 41.4. The van der Waals surface area contributed by atoms with E-state index in [0.717, 1.165) is 5.56 Å². The number of amides is 3. The van der Waals surface area contributed by atoms with E-state index in [0.29, 0.717) is 24.8 Å². The maximum absolute atomic E-state index is 12.9. The average Bonchev–Trinajstić information content (AvgIpc) is 2.99. The van der Waals surface area contributed by atoms with Crippen LogP contribution in [-0.4, -0.2) is 46.3 Å². The molecule has 4 rings (SSSR count). The minimum Gasteiger partial charge on any atom is -0.445 e. The molecule has 3 aliphatic rings. The van der Waals surface area contributed by atoms with E-state index >= 15 is 0 Å². The van der Waals surface area contributed by atoms with Crippen LogP contribution in [-0.2, 0) is 20.9 Å². The van der Waals surface area contributed by atoms with Gasteiger partial charge in [0, 0.05) is 12.5 Å². The van der Waals surface area contributed by atoms with Crippen molar-refractivity contribution < 1.29 is 19.1 Å². The van der Waals surface area contributed by atoms with Gasteiger partial charge < -0.3 is 9.64 Å². The molecule has 1 aromatic carbocycles. The Labute approximate surface area is 159 Å². The van der Waals surface area contributed by atoms with Crippen LogP contribution < -0.4 is 0 Å². The summed E-state index contributed by atoms with van der Waals surface area (Å²) in [6, 6.07) is 9.01. The van der Waals surface area contributed by atoms with E-state index in [4.69, 9.17) is 4.74 Å². The summed E-state index contributed by atoms with van der Waals surface area (Å²) in [5.41, 5.74) is 0.922. The van der Waals surface area contributed by atoms with Gasteiger partial charge in [0.25, 0.3) is 0 Å². The smallest absolute Gasteiger partial charge is 0.410 e. The monoisotopic (exact) mass is 370 g/mol. The van der Waals surface area contributed by atoms with E-state index in [-0.39, 0.29) is 42.3 Å². The molecule has 2 heterocycles. The van der Waals surface area contributed by atoms with Gasteiger partial charge in [0.05, 0.1) is 18.0 Å². The lowest BCUT2D eigenvalue weighted by molar-refractivity contribution is -0.146. The number of hydrogen-bond donors (Lipinski definition) is 0. The largest absolute Gasteiger partial charge is 0.445 e. The fourth-order valence-corrected chi connectivity index (χ4v) is 4.77. The molecule has 6 heteroatoms. The molecule has 0 spiro atoms. The van der Waals surface area contributed by atoms with E-state index in [1.807, 2.05) is 37.3 Å². The predicted molar refractivity (Wildman–Crippen MR) is 98.4 cm³/mol. The Bertz CT molecular complexity index is 757. The number of carbonyl (C=O) groups is 3. The molecule has 144 valence electrons. The van der Waals surface area contributed by atoms with Gasteiger partial charge in [0.1, 0.15) is 6.61 Å². The number of nitrogens with zero attached hydrogens (tertiary/aromatic N) is 2. The third kappa shape index (κ3) is 2.91. The van der Waals surface area contributed by atoms with Crippen molar-refractivity contribution in [2.45, 2.75) is 45.9 Å². The molecule has 6 atom stereocenters. The van der Waals surface area contributed by atoms with Crippen molar-refractivity contribution >= 4 is 17.9 Å². The first kappa shape index (κ1) is 18.0. The van der Waals surface area contributed by atoms with Gasteiger partial charge in [0.15, 0.2) is 0 Å². The van der Waals surface area contributed by atoms with Gasteiger partial charge in [-0.05, 0) is 23.8 Å².